The number of rotatable bonds is 8. The zero-order valence-corrected chi connectivity index (χ0v) is 18.9. The fourth-order valence-corrected chi connectivity index (χ4v) is 3.42. The molecule has 7 heteroatoms. The van der Waals surface area contributed by atoms with Gasteiger partial charge in [0.2, 0.25) is 0 Å². The first-order valence-electron chi connectivity index (χ1n) is 10.4. The Morgan fingerprint density at radius 1 is 1.03 bits per heavy atom. The van der Waals surface area contributed by atoms with E-state index in [9.17, 15) is 0 Å². The summed E-state index contributed by atoms with van der Waals surface area (Å²) in [5.41, 5.74) is 5.39. The van der Waals surface area contributed by atoms with Gasteiger partial charge in [0, 0.05) is 25.8 Å². The molecule has 1 heterocycles. The fraction of sp³-hybridized carbons (Fsp3) is 0.333. The van der Waals surface area contributed by atoms with Gasteiger partial charge >= 0.3 is 0 Å². The third-order valence-electron chi connectivity index (χ3n) is 4.89. The minimum absolute atomic E-state index is 0.601. The maximum Gasteiger partial charge on any atom is 0.191 e. The van der Waals surface area contributed by atoms with Crippen LogP contribution in [0.4, 0.5) is 0 Å². The molecule has 0 saturated heterocycles. The molecule has 0 radical (unpaired) electrons. The van der Waals surface area contributed by atoms with Gasteiger partial charge in [0.05, 0.1) is 25.1 Å². The molecule has 7 nitrogen and oxygen atoms in total. The van der Waals surface area contributed by atoms with Crippen molar-refractivity contribution in [3.63, 3.8) is 0 Å². The molecule has 2 aromatic carbocycles. The molecule has 0 bridgehead atoms. The van der Waals surface area contributed by atoms with Crippen LogP contribution in [0.25, 0.3) is 5.69 Å². The molecule has 0 aliphatic carbocycles. The monoisotopic (exact) mass is 421 g/mol. The van der Waals surface area contributed by atoms with Crippen LogP contribution in [0, 0.1) is 13.8 Å². The molecule has 1 aromatic heterocycles. The first kappa shape index (κ1) is 22.2. The summed E-state index contributed by atoms with van der Waals surface area (Å²) in [6.45, 7) is 7.87. The van der Waals surface area contributed by atoms with Crippen molar-refractivity contribution in [3.8, 4) is 17.2 Å². The molecule has 3 rings (SSSR count). The second-order valence-electron chi connectivity index (χ2n) is 7.17. The number of aromatic nitrogens is 2. The van der Waals surface area contributed by atoms with Gasteiger partial charge in [-0.25, -0.2) is 4.68 Å². The molecule has 2 N–H and O–H groups in total. The van der Waals surface area contributed by atoms with E-state index in [2.05, 4.69) is 45.8 Å². The Labute approximate surface area is 184 Å². The maximum absolute atomic E-state index is 5.59. The highest BCUT2D eigenvalue weighted by molar-refractivity contribution is 5.79. The van der Waals surface area contributed by atoms with E-state index in [0.29, 0.717) is 19.7 Å². The van der Waals surface area contributed by atoms with Crippen molar-refractivity contribution in [2.24, 2.45) is 4.99 Å². The number of methoxy groups -OCH3 is 1. The molecular formula is C24H31N5O2. The Morgan fingerprint density at radius 3 is 2.48 bits per heavy atom. The quantitative estimate of drug-likeness (QED) is 0.428. The predicted octanol–water partition coefficient (Wildman–Crippen LogP) is 3.76. The summed E-state index contributed by atoms with van der Waals surface area (Å²) in [6, 6.07) is 16.3. The number of guanidine groups is 1. The summed E-state index contributed by atoms with van der Waals surface area (Å²) in [7, 11) is 3.41. The Morgan fingerprint density at radius 2 is 1.81 bits per heavy atom. The number of aryl methyl sites for hydroxylation is 2. The number of nitrogens with zero attached hydrogens (tertiary/aromatic N) is 3. The van der Waals surface area contributed by atoms with E-state index >= 15 is 0 Å². The minimum atomic E-state index is 0.601. The minimum Gasteiger partial charge on any atom is -0.493 e. The lowest BCUT2D eigenvalue weighted by Gasteiger charge is -2.16. The van der Waals surface area contributed by atoms with Gasteiger partial charge in [-0.2, -0.15) is 5.10 Å². The smallest absolute Gasteiger partial charge is 0.191 e. The Hall–Kier alpha value is -3.48. The largest absolute Gasteiger partial charge is 0.493 e. The van der Waals surface area contributed by atoms with Gasteiger partial charge in [-0.05, 0) is 56.2 Å². The third-order valence-corrected chi connectivity index (χ3v) is 4.89. The highest BCUT2D eigenvalue weighted by atomic mass is 16.5. The average Bonchev–Trinajstić information content (AvgIpc) is 3.12. The van der Waals surface area contributed by atoms with E-state index in [1.807, 2.05) is 48.9 Å². The van der Waals surface area contributed by atoms with Crippen molar-refractivity contribution in [1.82, 2.24) is 20.4 Å². The van der Waals surface area contributed by atoms with Gasteiger partial charge in [-0.3, -0.25) is 4.99 Å². The van der Waals surface area contributed by atoms with Gasteiger partial charge in [-0.15, -0.1) is 0 Å². The van der Waals surface area contributed by atoms with E-state index in [0.717, 1.165) is 45.7 Å². The lowest BCUT2D eigenvalue weighted by Crippen LogP contribution is -2.36. The molecule has 31 heavy (non-hydrogen) atoms. The first-order valence-corrected chi connectivity index (χ1v) is 10.4. The molecule has 0 unspecified atom stereocenters. The standard InChI is InChI=1S/C24H31N5O2/c1-6-31-22-12-11-19(14-23(22)30-5)15-26-24(25-4)27-16-20-9-7-8-10-21(20)29-18(3)13-17(2)28-29/h7-14H,6,15-16H2,1-5H3,(H2,25,26,27). The van der Waals surface area contributed by atoms with Crippen LogP contribution in [0.1, 0.15) is 29.4 Å². The van der Waals surface area contributed by atoms with Crippen molar-refractivity contribution in [3.05, 3.63) is 71.0 Å². The Bertz CT molecular complexity index is 1040. The molecule has 0 atom stereocenters. The van der Waals surface area contributed by atoms with Crippen molar-refractivity contribution < 1.29 is 9.47 Å². The van der Waals surface area contributed by atoms with Crippen LogP contribution in [0.15, 0.2) is 53.5 Å². The molecule has 3 aromatic rings. The van der Waals surface area contributed by atoms with E-state index in [1.165, 1.54) is 0 Å². The lowest BCUT2D eigenvalue weighted by atomic mass is 10.1. The van der Waals surface area contributed by atoms with E-state index < -0.39 is 0 Å². The molecule has 0 aliphatic rings. The number of para-hydroxylation sites is 1. The van der Waals surface area contributed by atoms with Gasteiger partial charge in [-0.1, -0.05) is 24.3 Å². The van der Waals surface area contributed by atoms with Gasteiger partial charge in [0.15, 0.2) is 17.5 Å². The molecule has 164 valence electrons. The van der Waals surface area contributed by atoms with E-state index in [-0.39, 0.29) is 0 Å². The Kier molecular flexibility index (Phi) is 7.54. The van der Waals surface area contributed by atoms with Crippen molar-refractivity contribution in [2.45, 2.75) is 33.9 Å². The SMILES string of the molecule is CCOc1ccc(CNC(=NC)NCc2ccccc2-n2nc(C)cc2C)cc1OC. The number of ether oxygens (including phenoxy) is 2. The van der Waals surface area contributed by atoms with Crippen LogP contribution in [0.5, 0.6) is 11.5 Å². The Balaban J connectivity index is 1.65. The van der Waals surface area contributed by atoms with Crippen LogP contribution in [0.3, 0.4) is 0 Å². The van der Waals surface area contributed by atoms with Crippen LogP contribution in [0.2, 0.25) is 0 Å². The van der Waals surface area contributed by atoms with Crippen molar-refractivity contribution in [2.75, 3.05) is 20.8 Å². The zero-order valence-electron chi connectivity index (χ0n) is 18.9. The van der Waals surface area contributed by atoms with Gasteiger partial charge < -0.3 is 20.1 Å². The van der Waals surface area contributed by atoms with E-state index in [4.69, 9.17) is 9.47 Å². The van der Waals surface area contributed by atoms with Gasteiger partial charge in [0.1, 0.15) is 0 Å². The van der Waals surface area contributed by atoms with Crippen LogP contribution in [-0.2, 0) is 13.1 Å². The van der Waals surface area contributed by atoms with Crippen LogP contribution in [-0.4, -0.2) is 36.5 Å². The van der Waals surface area contributed by atoms with Crippen molar-refractivity contribution >= 4 is 5.96 Å². The summed E-state index contributed by atoms with van der Waals surface area (Å²) in [6.07, 6.45) is 0. The molecular weight excluding hydrogens is 390 g/mol. The highest BCUT2D eigenvalue weighted by Gasteiger charge is 2.10. The summed E-state index contributed by atoms with van der Waals surface area (Å²) in [5, 5.41) is 11.4. The average molecular weight is 422 g/mol. The summed E-state index contributed by atoms with van der Waals surface area (Å²) in [5.74, 6) is 2.19. The molecule has 0 amide bonds. The second-order valence-corrected chi connectivity index (χ2v) is 7.17. The topological polar surface area (TPSA) is 72.7 Å². The highest BCUT2D eigenvalue weighted by Crippen LogP contribution is 2.28. The zero-order chi connectivity index (χ0) is 22.2. The summed E-state index contributed by atoms with van der Waals surface area (Å²) in [4.78, 5) is 4.35. The van der Waals surface area contributed by atoms with Gasteiger partial charge in [0.25, 0.3) is 0 Å². The first-order chi connectivity index (χ1) is 15.0. The van der Waals surface area contributed by atoms with Crippen LogP contribution < -0.4 is 20.1 Å². The molecule has 0 spiro atoms. The number of nitrogens with one attached hydrogen (secondary N) is 2. The molecule has 0 aliphatic heterocycles. The molecule has 0 saturated carbocycles. The third kappa shape index (κ3) is 5.57. The summed E-state index contributed by atoms with van der Waals surface area (Å²) >= 11 is 0. The fourth-order valence-electron chi connectivity index (χ4n) is 3.42. The number of benzene rings is 2. The van der Waals surface area contributed by atoms with Crippen molar-refractivity contribution in [1.29, 1.82) is 0 Å². The lowest BCUT2D eigenvalue weighted by molar-refractivity contribution is 0.310. The summed E-state index contributed by atoms with van der Waals surface area (Å²) < 4.78 is 13.0. The number of hydrogen-bond acceptors (Lipinski definition) is 4. The number of aliphatic imine (C=N–C) groups is 1. The maximum atomic E-state index is 5.59. The second kappa shape index (κ2) is 10.5. The molecule has 0 fully saturated rings. The normalized spacial score (nSPS) is 11.3. The number of hydrogen-bond donors (Lipinski definition) is 2. The van der Waals surface area contributed by atoms with E-state index in [1.54, 1.807) is 14.2 Å². The predicted molar refractivity (Wildman–Crippen MR) is 124 cm³/mol. The van der Waals surface area contributed by atoms with Crippen LogP contribution >= 0.6 is 0 Å².